The van der Waals surface area contributed by atoms with Gasteiger partial charge in [0, 0.05) is 10.7 Å². The zero-order chi connectivity index (χ0) is 11.4. The average Bonchev–Trinajstić information content (AvgIpc) is 2.15. The Hall–Kier alpha value is -1.75. The molecule has 5 nitrogen and oxygen atoms in total. The number of aliphatic carboxylic acids is 2. The molecule has 0 atom stereocenters. The van der Waals surface area contributed by atoms with Crippen molar-refractivity contribution in [2.45, 2.75) is 6.04 Å². The van der Waals surface area contributed by atoms with Gasteiger partial charge in [-0.1, -0.05) is 11.6 Å². The third kappa shape index (κ3) is 3.14. The summed E-state index contributed by atoms with van der Waals surface area (Å²) < 4.78 is 0. The minimum absolute atomic E-state index is 0.384. The fraction of sp³-hybridized carbons (Fsp3) is 0.111. The molecule has 0 spiro atoms. The first kappa shape index (κ1) is 11.3. The summed E-state index contributed by atoms with van der Waals surface area (Å²) in [6.07, 6.45) is 0. The van der Waals surface area contributed by atoms with Crippen molar-refractivity contribution in [1.82, 2.24) is 0 Å². The molecule has 0 radical (unpaired) electrons. The van der Waals surface area contributed by atoms with Gasteiger partial charge in [0.25, 0.3) is 0 Å². The van der Waals surface area contributed by atoms with E-state index in [4.69, 9.17) is 21.8 Å². The molecule has 0 amide bonds. The monoisotopic (exact) mass is 229 g/mol. The van der Waals surface area contributed by atoms with Crippen LogP contribution in [0.3, 0.4) is 0 Å². The van der Waals surface area contributed by atoms with Crippen LogP contribution in [0.25, 0.3) is 0 Å². The topological polar surface area (TPSA) is 86.6 Å². The Bertz CT molecular complexity index is 362. The van der Waals surface area contributed by atoms with Crippen LogP contribution in [0.4, 0.5) is 5.69 Å². The maximum Gasteiger partial charge on any atom is 0.337 e. The Morgan fingerprint density at radius 3 is 2.00 bits per heavy atom. The Morgan fingerprint density at radius 2 is 1.60 bits per heavy atom. The summed E-state index contributed by atoms with van der Waals surface area (Å²) in [5.41, 5.74) is 0.384. The molecule has 3 N–H and O–H groups in total. The number of halogens is 1. The smallest absolute Gasteiger partial charge is 0.337 e. The molecule has 1 aromatic carbocycles. The summed E-state index contributed by atoms with van der Waals surface area (Å²) in [7, 11) is 0. The van der Waals surface area contributed by atoms with Crippen LogP contribution in [0.1, 0.15) is 0 Å². The molecule has 0 aliphatic heterocycles. The lowest BCUT2D eigenvalue weighted by molar-refractivity contribution is -0.148. The molecule has 15 heavy (non-hydrogen) atoms. The van der Waals surface area contributed by atoms with E-state index in [0.29, 0.717) is 10.7 Å². The highest BCUT2D eigenvalue weighted by Crippen LogP contribution is 2.14. The molecule has 0 unspecified atom stereocenters. The van der Waals surface area contributed by atoms with Crippen molar-refractivity contribution < 1.29 is 19.8 Å². The molecule has 80 valence electrons. The SMILES string of the molecule is O=C(O)C(Nc1ccc(Cl)cc1)C(=O)O. The van der Waals surface area contributed by atoms with Gasteiger partial charge in [-0.15, -0.1) is 0 Å². The molecule has 1 rings (SSSR count). The lowest BCUT2D eigenvalue weighted by Crippen LogP contribution is -2.37. The van der Waals surface area contributed by atoms with Gasteiger partial charge in [-0.3, -0.25) is 0 Å². The van der Waals surface area contributed by atoms with Gasteiger partial charge in [0.1, 0.15) is 0 Å². The molecule has 0 aromatic heterocycles. The number of carboxylic acids is 2. The van der Waals surface area contributed by atoms with Crippen LogP contribution in [0.2, 0.25) is 5.02 Å². The molecule has 0 heterocycles. The summed E-state index contributed by atoms with van der Waals surface area (Å²) in [6, 6.07) is 4.41. The van der Waals surface area contributed by atoms with Crippen LogP contribution in [0, 0.1) is 0 Å². The van der Waals surface area contributed by atoms with Gasteiger partial charge >= 0.3 is 11.9 Å². The minimum atomic E-state index is -1.66. The van der Waals surface area contributed by atoms with E-state index >= 15 is 0 Å². The van der Waals surface area contributed by atoms with Gasteiger partial charge in [0.2, 0.25) is 6.04 Å². The van der Waals surface area contributed by atoms with E-state index < -0.39 is 18.0 Å². The van der Waals surface area contributed by atoms with Crippen molar-refractivity contribution in [3.05, 3.63) is 29.3 Å². The van der Waals surface area contributed by atoms with Crippen molar-refractivity contribution in [2.24, 2.45) is 0 Å². The van der Waals surface area contributed by atoms with Crippen molar-refractivity contribution in [3.63, 3.8) is 0 Å². The van der Waals surface area contributed by atoms with Gasteiger partial charge in [-0.25, -0.2) is 9.59 Å². The molecule has 1 aromatic rings. The number of carbonyl (C=O) groups is 2. The standard InChI is InChI=1S/C9H8ClNO4/c10-5-1-3-6(4-2-5)11-7(8(12)13)9(14)15/h1-4,7,11H,(H,12,13)(H,14,15). The molecule has 0 saturated carbocycles. The number of hydrogen-bond acceptors (Lipinski definition) is 3. The van der Waals surface area contributed by atoms with Gasteiger partial charge in [0.15, 0.2) is 0 Å². The third-order valence-electron chi connectivity index (χ3n) is 1.65. The fourth-order valence-corrected chi connectivity index (χ4v) is 1.07. The molecule has 6 heteroatoms. The van der Waals surface area contributed by atoms with Crippen LogP contribution in [0.5, 0.6) is 0 Å². The van der Waals surface area contributed by atoms with E-state index in [1.54, 1.807) is 0 Å². The highest BCUT2D eigenvalue weighted by molar-refractivity contribution is 6.30. The predicted molar refractivity (Wildman–Crippen MR) is 54.1 cm³/mol. The van der Waals surface area contributed by atoms with Crippen LogP contribution in [-0.4, -0.2) is 28.2 Å². The third-order valence-corrected chi connectivity index (χ3v) is 1.90. The van der Waals surface area contributed by atoms with Crippen molar-refractivity contribution >= 4 is 29.2 Å². The molecule has 0 aliphatic carbocycles. The number of benzene rings is 1. The molecular formula is C9H8ClNO4. The van der Waals surface area contributed by atoms with E-state index in [9.17, 15) is 9.59 Å². The first-order chi connectivity index (χ1) is 7.00. The van der Waals surface area contributed by atoms with E-state index in [1.807, 2.05) is 0 Å². The Kier molecular flexibility index (Phi) is 3.51. The maximum absolute atomic E-state index is 10.5. The Morgan fingerprint density at radius 1 is 1.13 bits per heavy atom. The second-order valence-corrected chi connectivity index (χ2v) is 3.20. The number of hydrogen-bond donors (Lipinski definition) is 3. The van der Waals surface area contributed by atoms with E-state index in [1.165, 1.54) is 24.3 Å². The molecule has 0 saturated heterocycles. The van der Waals surface area contributed by atoms with Crippen molar-refractivity contribution in [2.75, 3.05) is 5.32 Å². The van der Waals surface area contributed by atoms with Crippen molar-refractivity contribution in [1.29, 1.82) is 0 Å². The molecule has 0 bridgehead atoms. The Balaban J connectivity index is 2.79. The van der Waals surface area contributed by atoms with E-state index in [0.717, 1.165) is 0 Å². The van der Waals surface area contributed by atoms with Crippen LogP contribution >= 0.6 is 11.6 Å². The summed E-state index contributed by atoms with van der Waals surface area (Å²) in [5, 5.41) is 20.0. The minimum Gasteiger partial charge on any atom is -0.479 e. The van der Waals surface area contributed by atoms with Gasteiger partial charge < -0.3 is 15.5 Å². The van der Waals surface area contributed by atoms with Crippen LogP contribution in [0.15, 0.2) is 24.3 Å². The second kappa shape index (κ2) is 4.65. The largest absolute Gasteiger partial charge is 0.479 e. The van der Waals surface area contributed by atoms with Gasteiger partial charge in [0.05, 0.1) is 0 Å². The molecular weight excluding hydrogens is 222 g/mol. The average molecular weight is 230 g/mol. The number of carboxylic acid groups (broad SMARTS) is 2. The Labute approximate surface area is 90.3 Å². The first-order valence-electron chi connectivity index (χ1n) is 3.98. The quantitative estimate of drug-likeness (QED) is 0.678. The van der Waals surface area contributed by atoms with E-state index in [2.05, 4.69) is 5.32 Å². The lowest BCUT2D eigenvalue weighted by atomic mass is 10.2. The number of nitrogens with one attached hydrogen (secondary N) is 1. The first-order valence-corrected chi connectivity index (χ1v) is 4.36. The summed E-state index contributed by atoms with van der Waals surface area (Å²) in [4.78, 5) is 21.1. The summed E-state index contributed by atoms with van der Waals surface area (Å²) >= 11 is 5.61. The van der Waals surface area contributed by atoms with Gasteiger partial charge in [-0.05, 0) is 24.3 Å². The molecule has 0 aliphatic rings. The van der Waals surface area contributed by atoms with Crippen molar-refractivity contribution in [3.8, 4) is 0 Å². The summed E-state index contributed by atoms with van der Waals surface area (Å²) in [5.74, 6) is -2.89. The summed E-state index contributed by atoms with van der Waals surface area (Å²) in [6.45, 7) is 0. The lowest BCUT2D eigenvalue weighted by Gasteiger charge is -2.10. The zero-order valence-electron chi connectivity index (χ0n) is 7.48. The fourth-order valence-electron chi connectivity index (χ4n) is 0.942. The molecule has 0 fully saturated rings. The number of anilines is 1. The van der Waals surface area contributed by atoms with E-state index in [-0.39, 0.29) is 0 Å². The van der Waals surface area contributed by atoms with Gasteiger partial charge in [-0.2, -0.15) is 0 Å². The maximum atomic E-state index is 10.5. The highest BCUT2D eigenvalue weighted by atomic mass is 35.5. The highest BCUT2D eigenvalue weighted by Gasteiger charge is 2.25. The van der Waals surface area contributed by atoms with Crippen LogP contribution < -0.4 is 5.32 Å². The van der Waals surface area contributed by atoms with Crippen LogP contribution in [-0.2, 0) is 9.59 Å². The second-order valence-electron chi connectivity index (χ2n) is 2.76. The zero-order valence-corrected chi connectivity index (χ0v) is 8.23. The number of rotatable bonds is 4. The predicted octanol–water partition coefficient (Wildman–Crippen LogP) is 1.29. The normalized spacial score (nSPS) is 10.0.